The van der Waals surface area contributed by atoms with Gasteiger partial charge in [-0.05, 0) is 18.1 Å². The lowest BCUT2D eigenvalue weighted by Gasteiger charge is -2.26. The van der Waals surface area contributed by atoms with Gasteiger partial charge in [-0.3, -0.25) is 9.97 Å². The molecule has 98 valence electrons. The fourth-order valence-corrected chi connectivity index (χ4v) is 2.29. The van der Waals surface area contributed by atoms with Crippen molar-refractivity contribution in [3.63, 3.8) is 0 Å². The number of benzene rings is 1. The molecule has 1 aromatic heterocycles. The van der Waals surface area contributed by atoms with E-state index in [2.05, 4.69) is 39.6 Å². The lowest BCUT2D eigenvalue weighted by molar-refractivity contribution is 0.0816. The minimum absolute atomic E-state index is 0.230. The summed E-state index contributed by atoms with van der Waals surface area (Å²) in [6.45, 7) is 4.06. The minimum Gasteiger partial charge on any atom is -0.375 e. The SMILES string of the molecule is Cc1cnc(CNC2COCc3ccccc32)cn1. The summed E-state index contributed by atoms with van der Waals surface area (Å²) in [5, 5.41) is 3.49. The van der Waals surface area contributed by atoms with Crippen LogP contribution in [0.25, 0.3) is 0 Å². The summed E-state index contributed by atoms with van der Waals surface area (Å²) in [6, 6.07) is 8.64. The highest BCUT2D eigenvalue weighted by Crippen LogP contribution is 2.24. The van der Waals surface area contributed by atoms with E-state index in [-0.39, 0.29) is 6.04 Å². The summed E-state index contributed by atoms with van der Waals surface area (Å²) < 4.78 is 5.62. The predicted octanol–water partition coefficient (Wildman–Crippen LogP) is 2.15. The normalized spacial score (nSPS) is 18.1. The van der Waals surface area contributed by atoms with Crippen LogP contribution in [0.5, 0.6) is 0 Å². The Balaban J connectivity index is 1.69. The van der Waals surface area contributed by atoms with Crippen molar-refractivity contribution in [3.8, 4) is 0 Å². The van der Waals surface area contributed by atoms with Crippen LogP contribution in [0.4, 0.5) is 0 Å². The second-order valence-corrected chi connectivity index (χ2v) is 4.80. The molecule has 1 unspecified atom stereocenters. The van der Waals surface area contributed by atoms with Gasteiger partial charge < -0.3 is 10.1 Å². The Hall–Kier alpha value is -1.78. The third-order valence-corrected chi connectivity index (χ3v) is 3.34. The molecule has 0 aliphatic carbocycles. The zero-order valence-electron chi connectivity index (χ0n) is 11.0. The van der Waals surface area contributed by atoms with Crippen molar-refractivity contribution < 1.29 is 4.74 Å². The molecule has 19 heavy (non-hydrogen) atoms. The highest BCUT2D eigenvalue weighted by atomic mass is 16.5. The second kappa shape index (κ2) is 5.47. The molecule has 1 aromatic carbocycles. The van der Waals surface area contributed by atoms with Crippen molar-refractivity contribution in [2.75, 3.05) is 6.61 Å². The van der Waals surface area contributed by atoms with Crippen LogP contribution in [0.3, 0.4) is 0 Å². The zero-order chi connectivity index (χ0) is 13.1. The summed E-state index contributed by atoms with van der Waals surface area (Å²) >= 11 is 0. The first-order chi connectivity index (χ1) is 9.33. The van der Waals surface area contributed by atoms with Crippen molar-refractivity contribution in [1.29, 1.82) is 0 Å². The molecule has 1 aliphatic heterocycles. The molecule has 0 fully saturated rings. The Morgan fingerprint density at radius 1 is 1.26 bits per heavy atom. The zero-order valence-corrected chi connectivity index (χ0v) is 11.0. The maximum atomic E-state index is 5.62. The van der Waals surface area contributed by atoms with E-state index < -0.39 is 0 Å². The topological polar surface area (TPSA) is 47.0 Å². The average Bonchev–Trinajstić information content (AvgIpc) is 2.47. The van der Waals surface area contributed by atoms with Crippen LogP contribution in [0.2, 0.25) is 0 Å². The summed E-state index contributed by atoms with van der Waals surface area (Å²) in [4.78, 5) is 8.61. The Bertz CT molecular complexity index is 554. The van der Waals surface area contributed by atoms with Gasteiger partial charge in [0.25, 0.3) is 0 Å². The number of nitrogens with zero attached hydrogens (tertiary/aromatic N) is 2. The molecule has 2 aromatic rings. The molecule has 0 bridgehead atoms. The third kappa shape index (κ3) is 2.80. The number of rotatable bonds is 3. The molecule has 0 spiro atoms. The number of fused-ring (bicyclic) bond motifs is 1. The van der Waals surface area contributed by atoms with Crippen LogP contribution in [0.1, 0.15) is 28.6 Å². The molecule has 1 N–H and O–H groups in total. The maximum absolute atomic E-state index is 5.62. The first kappa shape index (κ1) is 12.3. The molecular weight excluding hydrogens is 238 g/mol. The van der Waals surface area contributed by atoms with Crippen molar-refractivity contribution in [2.24, 2.45) is 0 Å². The average molecular weight is 255 g/mol. The van der Waals surface area contributed by atoms with Crippen LogP contribution >= 0.6 is 0 Å². The lowest BCUT2D eigenvalue weighted by Crippen LogP contribution is -2.29. The Morgan fingerprint density at radius 2 is 2.16 bits per heavy atom. The van der Waals surface area contributed by atoms with Crippen molar-refractivity contribution in [2.45, 2.75) is 26.1 Å². The van der Waals surface area contributed by atoms with Gasteiger partial charge in [-0.25, -0.2) is 0 Å². The summed E-state index contributed by atoms with van der Waals surface area (Å²) in [7, 11) is 0. The molecular formula is C15H17N3O. The standard InChI is InChI=1S/C15H17N3O/c1-11-6-17-13(7-16-11)8-18-15-10-19-9-12-4-2-3-5-14(12)15/h2-7,15,18H,8-10H2,1H3. The van der Waals surface area contributed by atoms with Gasteiger partial charge in [0.1, 0.15) is 0 Å². The van der Waals surface area contributed by atoms with E-state index in [0.717, 1.165) is 11.4 Å². The molecule has 0 amide bonds. The molecule has 0 radical (unpaired) electrons. The molecule has 1 atom stereocenters. The van der Waals surface area contributed by atoms with Crippen LogP contribution in [0, 0.1) is 6.92 Å². The van der Waals surface area contributed by atoms with Crippen LogP contribution in [-0.4, -0.2) is 16.6 Å². The van der Waals surface area contributed by atoms with Gasteiger partial charge >= 0.3 is 0 Å². The van der Waals surface area contributed by atoms with Crippen molar-refractivity contribution in [3.05, 3.63) is 59.2 Å². The van der Waals surface area contributed by atoms with Gasteiger partial charge in [-0.1, -0.05) is 24.3 Å². The van der Waals surface area contributed by atoms with Gasteiger partial charge in [0.15, 0.2) is 0 Å². The fourth-order valence-electron chi connectivity index (χ4n) is 2.29. The Kier molecular flexibility index (Phi) is 3.53. The van der Waals surface area contributed by atoms with Gasteiger partial charge in [-0.15, -0.1) is 0 Å². The highest BCUT2D eigenvalue weighted by Gasteiger charge is 2.19. The lowest BCUT2D eigenvalue weighted by atomic mass is 9.99. The molecule has 0 saturated heterocycles. The summed E-state index contributed by atoms with van der Waals surface area (Å²) in [5.74, 6) is 0. The van der Waals surface area contributed by atoms with Gasteiger partial charge in [0.2, 0.25) is 0 Å². The van der Waals surface area contributed by atoms with E-state index in [1.807, 2.05) is 13.1 Å². The predicted molar refractivity (Wildman–Crippen MR) is 72.4 cm³/mol. The smallest absolute Gasteiger partial charge is 0.0724 e. The number of aromatic nitrogens is 2. The Labute approximate surface area is 112 Å². The fraction of sp³-hybridized carbons (Fsp3) is 0.333. The maximum Gasteiger partial charge on any atom is 0.0724 e. The first-order valence-electron chi connectivity index (χ1n) is 6.49. The van der Waals surface area contributed by atoms with Crippen LogP contribution in [-0.2, 0) is 17.9 Å². The van der Waals surface area contributed by atoms with Gasteiger partial charge in [0.05, 0.1) is 30.6 Å². The molecule has 0 saturated carbocycles. The van der Waals surface area contributed by atoms with Gasteiger partial charge in [-0.2, -0.15) is 0 Å². The Morgan fingerprint density at radius 3 is 3.00 bits per heavy atom. The van der Waals surface area contributed by atoms with E-state index in [9.17, 15) is 0 Å². The van der Waals surface area contributed by atoms with E-state index >= 15 is 0 Å². The highest BCUT2D eigenvalue weighted by molar-refractivity contribution is 5.31. The number of hydrogen-bond donors (Lipinski definition) is 1. The van der Waals surface area contributed by atoms with Crippen LogP contribution in [0.15, 0.2) is 36.7 Å². The molecule has 4 heteroatoms. The van der Waals surface area contributed by atoms with E-state index in [4.69, 9.17) is 4.74 Å². The molecule has 4 nitrogen and oxygen atoms in total. The largest absolute Gasteiger partial charge is 0.375 e. The number of ether oxygens (including phenoxy) is 1. The number of hydrogen-bond acceptors (Lipinski definition) is 4. The van der Waals surface area contributed by atoms with E-state index in [1.165, 1.54) is 11.1 Å². The van der Waals surface area contributed by atoms with Crippen molar-refractivity contribution in [1.82, 2.24) is 15.3 Å². The minimum atomic E-state index is 0.230. The van der Waals surface area contributed by atoms with Crippen molar-refractivity contribution >= 4 is 0 Å². The number of nitrogens with one attached hydrogen (secondary N) is 1. The third-order valence-electron chi connectivity index (χ3n) is 3.34. The van der Waals surface area contributed by atoms with Gasteiger partial charge in [0, 0.05) is 18.9 Å². The quantitative estimate of drug-likeness (QED) is 0.913. The first-order valence-corrected chi connectivity index (χ1v) is 6.49. The van der Waals surface area contributed by atoms with E-state index in [0.29, 0.717) is 19.8 Å². The second-order valence-electron chi connectivity index (χ2n) is 4.80. The van der Waals surface area contributed by atoms with E-state index in [1.54, 1.807) is 6.20 Å². The molecule has 3 rings (SSSR count). The number of aryl methyl sites for hydroxylation is 1. The summed E-state index contributed by atoms with van der Waals surface area (Å²) in [6.07, 6.45) is 3.61. The van der Waals surface area contributed by atoms with Crippen LogP contribution < -0.4 is 5.32 Å². The molecule has 1 aliphatic rings. The molecule has 2 heterocycles. The summed E-state index contributed by atoms with van der Waals surface area (Å²) in [5.41, 5.74) is 4.49. The monoisotopic (exact) mass is 255 g/mol.